The molecule has 0 saturated carbocycles. The SMILES string of the molecule is Cc1cc(Br)cc(NC(C)CC2CCCCCN2)c1. The predicted octanol–water partition coefficient (Wildman–Crippen LogP) is 4.48. The molecule has 0 aromatic heterocycles. The lowest BCUT2D eigenvalue weighted by Gasteiger charge is -2.22. The van der Waals surface area contributed by atoms with Crippen LogP contribution in [0.5, 0.6) is 0 Å². The summed E-state index contributed by atoms with van der Waals surface area (Å²) in [5.74, 6) is 0. The number of hydrogen-bond acceptors (Lipinski definition) is 2. The van der Waals surface area contributed by atoms with E-state index in [-0.39, 0.29) is 0 Å². The van der Waals surface area contributed by atoms with Crippen molar-refractivity contribution in [2.75, 3.05) is 11.9 Å². The maximum absolute atomic E-state index is 3.67. The molecule has 2 rings (SSSR count). The minimum atomic E-state index is 0.504. The summed E-state index contributed by atoms with van der Waals surface area (Å²) in [5.41, 5.74) is 2.50. The molecule has 2 nitrogen and oxygen atoms in total. The zero-order valence-corrected chi connectivity index (χ0v) is 13.6. The van der Waals surface area contributed by atoms with Crippen LogP contribution in [-0.2, 0) is 0 Å². The van der Waals surface area contributed by atoms with E-state index >= 15 is 0 Å². The molecule has 2 atom stereocenters. The maximum Gasteiger partial charge on any atom is 0.0356 e. The zero-order valence-electron chi connectivity index (χ0n) is 12.0. The molecule has 1 saturated heterocycles. The van der Waals surface area contributed by atoms with Gasteiger partial charge in [0.05, 0.1) is 0 Å². The van der Waals surface area contributed by atoms with Crippen molar-refractivity contribution >= 4 is 21.6 Å². The van der Waals surface area contributed by atoms with Gasteiger partial charge in [-0.25, -0.2) is 0 Å². The summed E-state index contributed by atoms with van der Waals surface area (Å²) in [7, 11) is 0. The Morgan fingerprint density at radius 1 is 1.32 bits per heavy atom. The van der Waals surface area contributed by atoms with Gasteiger partial charge in [0.1, 0.15) is 0 Å². The van der Waals surface area contributed by atoms with Gasteiger partial charge in [-0.05, 0) is 63.4 Å². The summed E-state index contributed by atoms with van der Waals surface area (Å²) in [4.78, 5) is 0. The summed E-state index contributed by atoms with van der Waals surface area (Å²) in [6.07, 6.45) is 6.62. The number of anilines is 1. The molecule has 1 aromatic rings. The van der Waals surface area contributed by atoms with Gasteiger partial charge in [0.25, 0.3) is 0 Å². The van der Waals surface area contributed by atoms with Gasteiger partial charge in [-0.3, -0.25) is 0 Å². The number of benzene rings is 1. The lowest BCUT2D eigenvalue weighted by atomic mass is 10.0. The van der Waals surface area contributed by atoms with Crippen molar-refractivity contribution in [3.63, 3.8) is 0 Å². The summed E-state index contributed by atoms with van der Waals surface area (Å²) in [6, 6.07) is 7.69. The molecule has 0 bridgehead atoms. The fraction of sp³-hybridized carbons (Fsp3) is 0.625. The third kappa shape index (κ3) is 5.15. The van der Waals surface area contributed by atoms with E-state index in [0.717, 1.165) is 4.47 Å². The van der Waals surface area contributed by atoms with Crippen LogP contribution in [0.4, 0.5) is 5.69 Å². The highest BCUT2D eigenvalue weighted by Gasteiger charge is 2.14. The van der Waals surface area contributed by atoms with Crippen molar-refractivity contribution in [3.8, 4) is 0 Å². The molecule has 1 fully saturated rings. The number of rotatable bonds is 4. The van der Waals surface area contributed by atoms with E-state index in [4.69, 9.17) is 0 Å². The molecule has 0 spiro atoms. The number of halogens is 1. The lowest BCUT2D eigenvalue weighted by Crippen LogP contribution is -2.33. The van der Waals surface area contributed by atoms with Gasteiger partial charge in [0.2, 0.25) is 0 Å². The summed E-state index contributed by atoms with van der Waals surface area (Å²) in [6.45, 7) is 5.60. The molecule has 2 unspecified atom stereocenters. The van der Waals surface area contributed by atoms with Gasteiger partial charge < -0.3 is 10.6 Å². The Bertz CT molecular complexity index is 377. The first-order chi connectivity index (χ1) is 9.13. The first-order valence-corrected chi connectivity index (χ1v) is 8.20. The van der Waals surface area contributed by atoms with Crippen LogP contribution in [0.15, 0.2) is 22.7 Å². The molecular formula is C16H25BrN2. The number of hydrogen-bond donors (Lipinski definition) is 2. The highest BCUT2D eigenvalue weighted by atomic mass is 79.9. The highest BCUT2D eigenvalue weighted by Crippen LogP contribution is 2.21. The second-order valence-corrected chi connectivity index (χ2v) is 6.71. The number of nitrogens with one attached hydrogen (secondary N) is 2. The average Bonchev–Trinajstić information content (AvgIpc) is 2.55. The molecule has 1 heterocycles. The van der Waals surface area contributed by atoms with Crippen LogP contribution >= 0.6 is 15.9 Å². The fourth-order valence-electron chi connectivity index (χ4n) is 2.89. The molecule has 0 aliphatic carbocycles. The second-order valence-electron chi connectivity index (χ2n) is 5.80. The predicted molar refractivity (Wildman–Crippen MR) is 86.8 cm³/mol. The second kappa shape index (κ2) is 7.30. The Kier molecular flexibility index (Phi) is 5.71. The van der Waals surface area contributed by atoms with E-state index in [1.165, 1.54) is 49.9 Å². The summed E-state index contributed by atoms with van der Waals surface area (Å²) >= 11 is 3.56. The van der Waals surface area contributed by atoms with Gasteiger partial charge in [0, 0.05) is 22.2 Å². The minimum Gasteiger partial charge on any atom is -0.382 e. The standard InChI is InChI=1S/C16H25BrN2/c1-12-8-14(17)11-16(9-12)19-13(2)10-15-6-4-3-5-7-18-15/h8-9,11,13,15,18-19H,3-7,10H2,1-2H3. The Labute approximate surface area is 125 Å². The van der Waals surface area contributed by atoms with Gasteiger partial charge in [-0.2, -0.15) is 0 Å². The smallest absolute Gasteiger partial charge is 0.0356 e. The van der Waals surface area contributed by atoms with E-state index < -0.39 is 0 Å². The largest absolute Gasteiger partial charge is 0.382 e. The molecule has 0 amide bonds. The molecule has 0 radical (unpaired) electrons. The first kappa shape index (κ1) is 14.9. The van der Waals surface area contributed by atoms with E-state index in [0.29, 0.717) is 12.1 Å². The zero-order chi connectivity index (χ0) is 13.7. The van der Waals surface area contributed by atoms with Gasteiger partial charge in [-0.1, -0.05) is 28.8 Å². The van der Waals surface area contributed by atoms with Crippen molar-refractivity contribution < 1.29 is 0 Å². The van der Waals surface area contributed by atoms with E-state index in [2.05, 4.69) is 58.6 Å². The topological polar surface area (TPSA) is 24.1 Å². The van der Waals surface area contributed by atoms with Crippen molar-refractivity contribution in [1.82, 2.24) is 5.32 Å². The van der Waals surface area contributed by atoms with Crippen LogP contribution in [-0.4, -0.2) is 18.6 Å². The Balaban J connectivity index is 1.87. The number of aryl methyl sites for hydroxylation is 1. The van der Waals surface area contributed by atoms with Crippen LogP contribution in [0.2, 0.25) is 0 Å². The molecule has 2 N–H and O–H groups in total. The van der Waals surface area contributed by atoms with E-state index in [1.54, 1.807) is 0 Å². The van der Waals surface area contributed by atoms with Crippen LogP contribution < -0.4 is 10.6 Å². The van der Waals surface area contributed by atoms with Gasteiger partial charge in [-0.15, -0.1) is 0 Å². The molecule has 1 aliphatic heterocycles. The molecule has 1 aliphatic rings. The molecule has 106 valence electrons. The van der Waals surface area contributed by atoms with Gasteiger partial charge in [0.15, 0.2) is 0 Å². The Morgan fingerprint density at radius 2 is 2.16 bits per heavy atom. The van der Waals surface area contributed by atoms with Crippen LogP contribution in [0.3, 0.4) is 0 Å². The first-order valence-electron chi connectivity index (χ1n) is 7.40. The summed E-state index contributed by atoms with van der Waals surface area (Å²) in [5, 5.41) is 7.29. The van der Waals surface area contributed by atoms with Crippen molar-refractivity contribution in [2.24, 2.45) is 0 Å². The maximum atomic E-state index is 3.67. The highest BCUT2D eigenvalue weighted by molar-refractivity contribution is 9.10. The monoisotopic (exact) mass is 324 g/mol. The minimum absolute atomic E-state index is 0.504. The normalized spacial score (nSPS) is 21.7. The average molecular weight is 325 g/mol. The van der Waals surface area contributed by atoms with Crippen LogP contribution in [0.25, 0.3) is 0 Å². The van der Waals surface area contributed by atoms with E-state index in [9.17, 15) is 0 Å². The Hall–Kier alpha value is -0.540. The fourth-order valence-corrected chi connectivity index (χ4v) is 3.50. The van der Waals surface area contributed by atoms with E-state index in [1.807, 2.05) is 0 Å². The van der Waals surface area contributed by atoms with Gasteiger partial charge >= 0.3 is 0 Å². The molecular weight excluding hydrogens is 300 g/mol. The molecule has 19 heavy (non-hydrogen) atoms. The summed E-state index contributed by atoms with van der Waals surface area (Å²) < 4.78 is 1.15. The third-order valence-electron chi connectivity index (χ3n) is 3.76. The molecule has 1 aromatic carbocycles. The van der Waals surface area contributed by atoms with Crippen molar-refractivity contribution in [3.05, 3.63) is 28.2 Å². The third-order valence-corrected chi connectivity index (χ3v) is 4.21. The quantitative estimate of drug-likeness (QED) is 0.853. The van der Waals surface area contributed by atoms with Crippen molar-refractivity contribution in [1.29, 1.82) is 0 Å². The molecule has 3 heteroatoms. The Morgan fingerprint density at radius 3 is 2.95 bits per heavy atom. The lowest BCUT2D eigenvalue weighted by molar-refractivity contribution is 0.456. The van der Waals surface area contributed by atoms with Crippen LogP contribution in [0.1, 0.15) is 44.6 Å². The van der Waals surface area contributed by atoms with Crippen molar-refractivity contribution in [2.45, 2.75) is 58.0 Å². The van der Waals surface area contributed by atoms with Crippen LogP contribution in [0, 0.1) is 6.92 Å².